The van der Waals surface area contributed by atoms with Gasteiger partial charge in [0, 0.05) is 37.7 Å². The summed E-state index contributed by atoms with van der Waals surface area (Å²) in [6.45, 7) is 15.6. The van der Waals surface area contributed by atoms with Gasteiger partial charge in [0.15, 0.2) is 11.6 Å². The van der Waals surface area contributed by atoms with Gasteiger partial charge in [-0.05, 0) is 64.2 Å². The number of rotatable bonds is 10. The average molecular weight is 671 g/mol. The first-order valence-corrected chi connectivity index (χ1v) is 18.1. The van der Waals surface area contributed by atoms with Crippen molar-refractivity contribution in [2.24, 2.45) is 35.5 Å². The van der Waals surface area contributed by atoms with Crippen LogP contribution in [0.15, 0.2) is 0 Å². The van der Waals surface area contributed by atoms with Crippen LogP contribution in [-0.2, 0) is 33.2 Å². The van der Waals surface area contributed by atoms with Crippen LogP contribution in [0.4, 0.5) is 0 Å². The molecule has 0 aliphatic carbocycles. The van der Waals surface area contributed by atoms with E-state index < -0.39 is 59.6 Å². The molecule has 0 amide bonds. The largest absolute Gasteiger partial charge is 0.481 e. The summed E-state index contributed by atoms with van der Waals surface area (Å²) in [5.41, 5.74) is -1.15. The van der Waals surface area contributed by atoms with Crippen molar-refractivity contribution in [1.82, 2.24) is 0 Å². The number of carboxylic acid groups (broad SMARTS) is 1. The summed E-state index contributed by atoms with van der Waals surface area (Å²) in [6, 6.07) is 0. The van der Waals surface area contributed by atoms with Crippen LogP contribution in [0.5, 0.6) is 0 Å². The Bertz CT molecular complexity index is 1110. The van der Waals surface area contributed by atoms with Crippen molar-refractivity contribution in [1.29, 1.82) is 0 Å². The Hall–Kier alpha value is -0.890. The van der Waals surface area contributed by atoms with Gasteiger partial charge in [-0.25, -0.2) is 0 Å². The molecule has 0 radical (unpaired) electrons. The summed E-state index contributed by atoms with van der Waals surface area (Å²) < 4.78 is 39.4. The standard InChI is InChI=1S/C36H62O11/c1-10-34(31-20(3)16-26(43-31)28-19(2)15-21(4)36(41,18-37)46-28)12-11-27(44-34)33(8)13-14-35(47-33)17-25(38)22(5)30(45-35)23(6)29(42-9)24(7)32(39)40/h19-31,37-38,41H,10-18H2,1-9H3,(H,39,40)/t19?,20?,21?,22?,23?,24?,25?,26?,27?,28?,29?,30?,31?,33-,34-,35?,36-/m0/s1. The lowest BCUT2D eigenvalue weighted by molar-refractivity contribution is -0.336. The number of hydrogen-bond acceptors (Lipinski definition) is 10. The van der Waals surface area contributed by atoms with Crippen LogP contribution < -0.4 is 0 Å². The summed E-state index contributed by atoms with van der Waals surface area (Å²) in [7, 11) is 1.52. The molecule has 5 heterocycles. The fraction of sp³-hybridized carbons (Fsp3) is 0.972. The Kier molecular flexibility index (Phi) is 10.9. The third-order valence-electron chi connectivity index (χ3n) is 13.0. The maximum Gasteiger partial charge on any atom is 0.308 e. The Morgan fingerprint density at radius 3 is 2.34 bits per heavy atom. The monoisotopic (exact) mass is 670 g/mol. The first kappa shape index (κ1) is 37.4. The molecule has 14 unspecified atom stereocenters. The zero-order chi connectivity index (χ0) is 34.7. The second-order valence-corrected chi connectivity index (χ2v) is 16.3. The highest BCUT2D eigenvalue weighted by atomic mass is 16.7. The molecule has 1 spiro atoms. The first-order valence-electron chi connectivity index (χ1n) is 18.1. The van der Waals surface area contributed by atoms with E-state index in [0.717, 1.165) is 32.1 Å². The molecule has 0 aromatic rings. The van der Waals surface area contributed by atoms with E-state index in [-0.39, 0.29) is 54.0 Å². The second kappa shape index (κ2) is 13.7. The molecule has 11 heteroatoms. The summed E-state index contributed by atoms with van der Waals surface area (Å²) in [6.07, 6.45) is 2.99. The van der Waals surface area contributed by atoms with E-state index in [1.807, 2.05) is 20.8 Å². The molecule has 272 valence electrons. The van der Waals surface area contributed by atoms with Gasteiger partial charge in [-0.3, -0.25) is 4.79 Å². The van der Waals surface area contributed by atoms with Gasteiger partial charge in [0.1, 0.15) is 0 Å². The lowest BCUT2D eigenvalue weighted by Gasteiger charge is -2.49. The Morgan fingerprint density at radius 2 is 1.72 bits per heavy atom. The number of aliphatic hydroxyl groups excluding tert-OH is 2. The predicted octanol–water partition coefficient (Wildman–Crippen LogP) is 4.27. The summed E-state index contributed by atoms with van der Waals surface area (Å²) in [4.78, 5) is 11.8. The highest BCUT2D eigenvalue weighted by Gasteiger charge is 2.62. The zero-order valence-electron chi connectivity index (χ0n) is 30.0. The maximum absolute atomic E-state index is 11.8. The Balaban J connectivity index is 1.29. The number of methoxy groups -OCH3 is 1. The lowest BCUT2D eigenvalue weighted by Crippen LogP contribution is -2.57. The van der Waals surface area contributed by atoms with Crippen molar-refractivity contribution in [3.8, 4) is 0 Å². The Labute approximate surface area is 281 Å². The molecular formula is C36H62O11. The number of hydrogen-bond donors (Lipinski definition) is 4. The highest BCUT2D eigenvalue weighted by Crippen LogP contribution is 2.55. The number of aliphatic carboxylic acids is 1. The van der Waals surface area contributed by atoms with Gasteiger partial charge < -0.3 is 48.8 Å². The van der Waals surface area contributed by atoms with Crippen LogP contribution in [0.1, 0.15) is 107 Å². The molecule has 5 aliphatic rings. The van der Waals surface area contributed by atoms with Gasteiger partial charge in [0.05, 0.1) is 66.5 Å². The zero-order valence-corrected chi connectivity index (χ0v) is 30.0. The molecular weight excluding hydrogens is 608 g/mol. The summed E-state index contributed by atoms with van der Waals surface area (Å²) in [5.74, 6) is -4.52. The van der Waals surface area contributed by atoms with Gasteiger partial charge in [0.25, 0.3) is 0 Å². The topological polar surface area (TPSA) is 153 Å². The maximum atomic E-state index is 11.8. The molecule has 0 aromatic heterocycles. The molecule has 5 fully saturated rings. The van der Waals surface area contributed by atoms with Crippen LogP contribution in [0, 0.1) is 35.5 Å². The van der Waals surface area contributed by atoms with Crippen molar-refractivity contribution in [3.63, 3.8) is 0 Å². The van der Waals surface area contributed by atoms with Crippen LogP contribution >= 0.6 is 0 Å². The van der Waals surface area contributed by atoms with E-state index in [9.17, 15) is 25.2 Å². The van der Waals surface area contributed by atoms with E-state index in [2.05, 4.69) is 27.7 Å². The number of ether oxygens (including phenoxy) is 6. The van der Waals surface area contributed by atoms with Crippen molar-refractivity contribution < 1.29 is 53.6 Å². The minimum absolute atomic E-state index is 0.153. The smallest absolute Gasteiger partial charge is 0.308 e. The quantitative estimate of drug-likeness (QED) is 0.264. The minimum atomic E-state index is -1.56. The highest BCUT2D eigenvalue weighted by molar-refractivity contribution is 5.70. The fourth-order valence-electron chi connectivity index (χ4n) is 9.91. The number of carbonyl (C=O) groups is 1. The molecule has 11 nitrogen and oxygen atoms in total. The number of carboxylic acids is 1. The molecule has 47 heavy (non-hydrogen) atoms. The van der Waals surface area contributed by atoms with Crippen molar-refractivity contribution >= 4 is 5.97 Å². The van der Waals surface area contributed by atoms with Gasteiger partial charge in [-0.15, -0.1) is 0 Å². The fourth-order valence-corrected chi connectivity index (χ4v) is 9.91. The third-order valence-corrected chi connectivity index (χ3v) is 13.0. The van der Waals surface area contributed by atoms with Crippen LogP contribution in [0.3, 0.4) is 0 Å². The number of aliphatic hydroxyl groups is 3. The summed E-state index contributed by atoms with van der Waals surface area (Å²) >= 11 is 0. The normalized spacial score (nSPS) is 50.9. The van der Waals surface area contributed by atoms with Crippen molar-refractivity contribution in [2.75, 3.05) is 13.7 Å². The van der Waals surface area contributed by atoms with Crippen LogP contribution in [0.2, 0.25) is 0 Å². The first-order chi connectivity index (χ1) is 22.0. The second-order valence-electron chi connectivity index (χ2n) is 16.3. The minimum Gasteiger partial charge on any atom is -0.481 e. The molecule has 0 aromatic carbocycles. The van der Waals surface area contributed by atoms with Crippen molar-refractivity contribution in [2.45, 2.75) is 172 Å². The molecule has 0 saturated carbocycles. The molecule has 0 bridgehead atoms. The Morgan fingerprint density at radius 1 is 1.02 bits per heavy atom. The molecule has 17 atom stereocenters. The third kappa shape index (κ3) is 6.67. The van der Waals surface area contributed by atoms with Gasteiger partial charge >= 0.3 is 5.97 Å². The van der Waals surface area contributed by atoms with Gasteiger partial charge in [0.2, 0.25) is 0 Å². The predicted molar refractivity (Wildman–Crippen MR) is 172 cm³/mol. The van der Waals surface area contributed by atoms with Crippen LogP contribution in [-0.4, -0.2) is 106 Å². The van der Waals surface area contributed by atoms with E-state index >= 15 is 0 Å². The van der Waals surface area contributed by atoms with Crippen LogP contribution in [0.25, 0.3) is 0 Å². The molecule has 4 N–H and O–H groups in total. The summed E-state index contributed by atoms with van der Waals surface area (Å²) in [5, 5.41) is 41.8. The average Bonchev–Trinajstić information content (AvgIpc) is 3.73. The van der Waals surface area contributed by atoms with E-state index in [4.69, 9.17) is 28.4 Å². The van der Waals surface area contributed by atoms with E-state index in [1.54, 1.807) is 6.92 Å². The molecule has 5 saturated heterocycles. The van der Waals surface area contributed by atoms with Gasteiger partial charge in [-0.1, -0.05) is 41.5 Å². The van der Waals surface area contributed by atoms with E-state index in [0.29, 0.717) is 19.3 Å². The SMILES string of the molecule is CC[C@@]1(C2OC(C3O[C@@](O)(CO)C(C)CC3C)CC2C)CCC([C@]2(C)CCC3(CC(O)C(C)C(C(C)C(OC)C(C)C(=O)O)O3)O2)O1. The molecule has 5 rings (SSSR count). The lowest BCUT2D eigenvalue weighted by atomic mass is 9.78. The molecule has 5 aliphatic heterocycles. The van der Waals surface area contributed by atoms with E-state index in [1.165, 1.54) is 7.11 Å². The van der Waals surface area contributed by atoms with Gasteiger partial charge in [-0.2, -0.15) is 0 Å². The van der Waals surface area contributed by atoms with Crippen molar-refractivity contribution in [3.05, 3.63) is 0 Å².